The molecule has 134 valence electrons. The van der Waals surface area contributed by atoms with Crippen molar-refractivity contribution in [1.29, 1.82) is 0 Å². The summed E-state index contributed by atoms with van der Waals surface area (Å²) in [5, 5.41) is 7.26. The Bertz CT molecular complexity index is 693. The molecular weight excluding hydrogens is 361 g/mol. The van der Waals surface area contributed by atoms with Gasteiger partial charge in [0.15, 0.2) is 0 Å². The first-order valence-corrected chi connectivity index (χ1v) is 8.76. The van der Waals surface area contributed by atoms with Crippen LogP contribution in [0.5, 0.6) is 0 Å². The Morgan fingerprint density at radius 2 is 2.04 bits per heavy atom. The van der Waals surface area contributed by atoms with E-state index in [1.54, 1.807) is 31.5 Å². The van der Waals surface area contributed by atoms with E-state index >= 15 is 0 Å². The number of ether oxygens (including phenoxy) is 1. The van der Waals surface area contributed by atoms with E-state index in [2.05, 4.69) is 15.6 Å². The number of anilines is 1. The number of rotatable bonds is 9. The molecule has 0 spiro atoms. The third-order valence-electron chi connectivity index (χ3n) is 3.55. The highest BCUT2D eigenvalue weighted by Gasteiger charge is 2.07. The monoisotopic (exact) mass is 381 g/mol. The number of amides is 1. The number of carbonyl (C=O) groups excluding carboxylic acids is 1. The minimum Gasteiger partial charge on any atom is -0.385 e. The predicted octanol–water partition coefficient (Wildman–Crippen LogP) is 3.81. The van der Waals surface area contributed by atoms with Crippen molar-refractivity contribution in [3.63, 3.8) is 0 Å². The van der Waals surface area contributed by atoms with Gasteiger partial charge in [0.05, 0.1) is 11.9 Å². The molecule has 1 amide bonds. The van der Waals surface area contributed by atoms with Gasteiger partial charge in [-0.05, 0) is 42.7 Å². The van der Waals surface area contributed by atoms with Crippen LogP contribution < -0.4 is 10.6 Å². The molecule has 1 aromatic carbocycles. The standard InChI is InChI=1S/C18H21Cl2N3O2/c1-25-10-2-8-21-15-5-6-17(23-12-15)18(24)22-9-7-13-3-4-14(19)11-16(13)20/h3-6,11-12,21H,2,7-10H2,1H3,(H,22,24). The fourth-order valence-electron chi connectivity index (χ4n) is 2.21. The number of hydrogen-bond donors (Lipinski definition) is 2. The highest BCUT2D eigenvalue weighted by molar-refractivity contribution is 6.35. The van der Waals surface area contributed by atoms with Crippen LogP contribution in [0.3, 0.4) is 0 Å². The summed E-state index contributed by atoms with van der Waals surface area (Å²) < 4.78 is 4.99. The van der Waals surface area contributed by atoms with E-state index in [9.17, 15) is 4.79 Å². The van der Waals surface area contributed by atoms with Crippen LogP contribution in [0.4, 0.5) is 5.69 Å². The minimum atomic E-state index is -0.212. The summed E-state index contributed by atoms with van der Waals surface area (Å²) in [6, 6.07) is 8.87. The van der Waals surface area contributed by atoms with Crippen LogP contribution >= 0.6 is 23.2 Å². The van der Waals surface area contributed by atoms with E-state index < -0.39 is 0 Å². The van der Waals surface area contributed by atoms with Crippen LogP contribution in [-0.4, -0.2) is 37.7 Å². The molecule has 0 radical (unpaired) electrons. The van der Waals surface area contributed by atoms with E-state index in [1.807, 2.05) is 12.1 Å². The molecular formula is C18H21Cl2N3O2. The highest BCUT2D eigenvalue weighted by atomic mass is 35.5. The first-order chi connectivity index (χ1) is 12.1. The van der Waals surface area contributed by atoms with Gasteiger partial charge in [-0.15, -0.1) is 0 Å². The van der Waals surface area contributed by atoms with Crippen LogP contribution in [0.2, 0.25) is 10.0 Å². The number of benzene rings is 1. The zero-order valence-electron chi connectivity index (χ0n) is 14.0. The molecule has 0 aliphatic heterocycles. The maximum absolute atomic E-state index is 12.1. The predicted molar refractivity (Wildman–Crippen MR) is 102 cm³/mol. The Labute approximate surface area is 157 Å². The Morgan fingerprint density at radius 1 is 1.20 bits per heavy atom. The molecule has 0 fully saturated rings. The highest BCUT2D eigenvalue weighted by Crippen LogP contribution is 2.21. The lowest BCUT2D eigenvalue weighted by Crippen LogP contribution is -2.26. The maximum Gasteiger partial charge on any atom is 0.269 e. The molecule has 2 rings (SSSR count). The number of halogens is 2. The van der Waals surface area contributed by atoms with Gasteiger partial charge in [-0.25, -0.2) is 4.98 Å². The van der Waals surface area contributed by atoms with Crippen LogP contribution in [-0.2, 0) is 11.2 Å². The topological polar surface area (TPSA) is 63.2 Å². The lowest BCUT2D eigenvalue weighted by Gasteiger charge is -2.08. The van der Waals surface area contributed by atoms with Crippen molar-refractivity contribution in [3.05, 3.63) is 57.8 Å². The maximum atomic E-state index is 12.1. The first kappa shape index (κ1) is 19.5. The van der Waals surface area contributed by atoms with E-state index in [4.69, 9.17) is 27.9 Å². The molecule has 0 saturated carbocycles. The number of pyridine rings is 1. The molecule has 0 aliphatic rings. The third kappa shape index (κ3) is 6.53. The molecule has 0 aliphatic carbocycles. The van der Waals surface area contributed by atoms with Crippen LogP contribution in [0.1, 0.15) is 22.5 Å². The Balaban J connectivity index is 1.78. The van der Waals surface area contributed by atoms with E-state index in [0.717, 1.165) is 24.2 Å². The largest absolute Gasteiger partial charge is 0.385 e. The van der Waals surface area contributed by atoms with Crippen molar-refractivity contribution < 1.29 is 9.53 Å². The number of aromatic nitrogens is 1. The summed E-state index contributed by atoms with van der Waals surface area (Å²) >= 11 is 12.0. The average molecular weight is 382 g/mol. The second-order valence-electron chi connectivity index (χ2n) is 5.45. The normalized spacial score (nSPS) is 10.5. The van der Waals surface area contributed by atoms with Crippen molar-refractivity contribution in [2.24, 2.45) is 0 Å². The van der Waals surface area contributed by atoms with Gasteiger partial charge in [0.2, 0.25) is 0 Å². The molecule has 5 nitrogen and oxygen atoms in total. The van der Waals surface area contributed by atoms with Gasteiger partial charge >= 0.3 is 0 Å². The van der Waals surface area contributed by atoms with Gasteiger partial charge in [0.25, 0.3) is 5.91 Å². The summed E-state index contributed by atoms with van der Waals surface area (Å²) in [6.45, 7) is 1.97. The van der Waals surface area contributed by atoms with Gasteiger partial charge in [-0.3, -0.25) is 4.79 Å². The molecule has 0 saturated heterocycles. The number of nitrogens with zero attached hydrogens (tertiary/aromatic N) is 1. The minimum absolute atomic E-state index is 0.212. The Kier molecular flexibility index (Phi) is 7.98. The SMILES string of the molecule is COCCCNc1ccc(C(=O)NCCc2ccc(Cl)cc2Cl)nc1. The molecule has 7 heteroatoms. The van der Waals surface area contributed by atoms with Crippen molar-refractivity contribution in [3.8, 4) is 0 Å². The fourth-order valence-corrected chi connectivity index (χ4v) is 2.71. The summed E-state index contributed by atoms with van der Waals surface area (Å²) in [5.74, 6) is -0.212. The van der Waals surface area contributed by atoms with Gasteiger partial charge in [0, 0.05) is 36.9 Å². The third-order valence-corrected chi connectivity index (χ3v) is 4.13. The Morgan fingerprint density at radius 3 is 2.72 bits per heavy atom. The van der Waals surface area contributed by atoms with Crippen LogP contribution in [0, 0.1) is 0 Å². The summed E-state index contributed by atoms with van der Waals surface area (Å²) in [6.07, 6.45) is 3.19. The molecule has 1 aromatic heterocycles. The zero-order valence-corrected chi connectivity index (χ0v) is 15.5. The van der Waals surface area contributed by atoms with E-state index in [-0.39, 0.29) is 5.91 Å². The molecule has 0 atom stereocenters. The molecule has 25 heavy (non-hydrogen) atoms. The quantitative estimate of drug-likeness (QED) is 0.648. The van der Waals surface area contributed by atoms with Crippen LogP contribution in [0.25, 0.3) is 0 Å². The van der Waals surface area contributed by atoms with Gasteiger partial charge in [-0.2, -0.15) is 0 Å². The molecule has 0 unspecified atom stereocenters. The van der Waals surface area contributed by atoms with Gasteiger partial charge in [0.1, 0.15) is 5.69 Å². The van der Waals surface area contributed by atoms with Crippen LogP contribution in [0.15, 0.2) is 36.5 Å². The number of methoxy groups -OCH3 is 1. The average Bonchev–Trinajstić information content (AvgIpc) is 2.61. The van der Waals surface area contributed by atoms with Crippen molar-refractivity contribution in [2.45, 2.75) is 12.8 Å². The van der Waals surface area contributed by atoms with E-state index in [0.29, 0.717) is 35.3 Å². The molecule has 1 heterocycles. The zero-order chi connectivity index (χ0) is 18.1. The fraction of sp³-hybridized carbons (Fsp3) is 0.333. The summed E-state index contributed by atoms with van der Waals surface area (Å²) in [5.41, 5.74) is 2.19. The molecule has 2 aromatic rings. The lowest BCUT2D eigenvalue weighted by atomic mass is 10.1. The summed E-state index contributed by atoms with van der Waals surface area (Å²) in [7, 11) is 1.68. The lowest BCUT2D eigenvalue weighted by molar-refractivity contribution is 0.0949. The van der Waals surface area contributed by atoms with Crippen molar-refractivity contribution in [1.82, 2.24) is 10.3 Å². The first-order valence-electron chi connectivity index (χ1n) is 8.01. The van der Waals surface area contributed by atoms with Gasteiger partial charge < -0.3 is 15.4 Å². The Hall–Kier alpha value is -1.82. The molecule has 2 N–H and O–H groups in total. The van der Waals surface area contributed by atoms with E-state index in [1.165, 1.54) is 0 Å². The second kappa shape index (κ2) is 10.2. The van der Waals surface area contributed by atoms with Crippen molar-refractivity contribution >= 4 is 34.8 Å². The summed E-state index contributed by atoms with van der Waals surface area (Å²) in [4.78, 5) is 16.3. The number of nitrogens with one attached hydrogen (secondary N) is 2. The van der Waals surface area contributed by atoms with Crippen molar-refractivity contribution in [2.75, 3.05) is 32.1 Å². The number of carbonyl (C=O) groups is 1. The van der Waals surface area contributed by atoms with Gasteiger partial charge in [-0.1, -0.05) is 29.3 Å². The smallest absolute Gasteiger partial charge is 0.269 e. The molecule has 0 bridgehead atoms. The second-order valence-corrected chi connectivity index (χ2v) is 6.29. The number of hydrogen-bond acceptors (Lipinski definition) is 4.